The molecule has 0 atom stereocenters. The van der Waals surface area contributed by atoms with Crippen LogP contribution in [0, 0.1) is 11.3 Å². The summed E-state index contributed by atoms with van der Waals surface area (Å²) in [6, 6.07) is 11.7. The van der Waals surface area contributed by atoms with Crippen LogP contribution < -0.4 is 10.5 Å². The Morgan fingerprint density at radius 2 is 1.83 bits per heavy atom. The van der Waals surface area contributed by atoms with E-state index < -0.39 is 29.8 Å². The molecule has 0 saturated heterocycles. The SMILES string of the molecule is N#CCN(C(=O)Cn1cccc(C(F)(F)F)c1=O)c1ccccc1. The number of carbonyl (C=O) groups is 1. The monoisotopic (exact) mass is 335 g/mol. The highest BCUT2D eigenvalue weighted by molar-refractivity contribution is 5.93. The predicted octanol–water partition coefficient (Wildman–Crippen LogP) is 2.42. The number of pyridine rings is 1. The molecule has 0 N–H and O–H groups in total. The standard InChI is InChI=1S/C16H12F3N3O2/c17-16(18,19)13-7-4-9-21(15(13)24)11-14(23)22(10-8-20)12-5-2-1-3-6-12/h1-7,9H,10-11H2. The van der Waals surface area contributed by atoms with E-state index in [2.05, 4.69) is 0 Å². The fourth-order valence-electron chi connectivity index (χ4n) is 2.11. The van der Waals surface area contributed by atoms with Gasteiger partial charge < -0.3 is 4.57 Å². The van der Waals surface area contributed by atoms with Gasteiger partial charge >= 0.3 is 6.18 Å². The minimum absolute atomic E-state index is 0.281. The van der Waals surface area contributed by atoms with Crippen molar-refractivity contribution in [1.82, 2.24) is 4.57 Å². The number of halogens is 3. The average Bonchev–Trinajstić information content (AvgIpc) is 2.54. The lowest BCUT2D eigenvalue weighted by Gasteiger charge is -2.20. The molecule has 5 nitrogen and oxygen atoms in total. The first-order valence-electron chi connectivity index (χ1n) is 6.83. The number of anilines is 1. The summed E-state index contributed by atoms with van der Waals surface area (Å²) in [4.78, 5) is 25.3. The maximum Gasteiger partial charge on any atom is 0.421 e. The number of rotatable bonds is 4. The molecular formula is C16H12F3N3O2. The molecule has 0 spiro atoms. The molecule has 0 aliphatic heterocycles. The molecule has 124 valence electrons. The Bertz CT molecular complexity index is 823. The summed E-state index contributed by atoms with van der Waals surface area (Å²) in [7, 11) is 0. The van der Waals surface area contributed by atoms with Gasteiger partial charge in [0.15, 0.2) is 0 Å². The summed E-state index contributed by atoms with van der Waals surface area (Å²) in [6.07, 6.45) is -3.69. The molecule has 0 aliphatic carbocycles. The van der Waals surface area contributed by atoms with E-state index in [0.29, 0.717) is 16.3 Å². The molecule has 0 fully saturated rings. The number of aromatic nitrogens is 1. The van der Waals surface area contributed by atoms with Crippen LogP contribution in [0.1, 0.15) is 5.56 Å². The van der Waals surface area contributed by atoms with E-state index in [1.165, 1.54) is 0 Å². The molecule has 2 rings (SSSR count). The Morgan fingerprint density at radius 3 is 2.42 bits per heavy atom. The highest BCUT2D eigenvalue weighted by atomic mass is 19.4. The third-order valence-corrected chi connectivity index (χ3v) is 3.23. The summed E-state index contributed by atoms with van der Waals surface area (Å²) in [5, 5.41) is 8.86. The molecule has 0 saturated carbocycles. The maximum absolute atomic E-state index is 12.8. The number of alkyl halides is 3. The molecule has 1 heterocycles. The zero-order chi connectivity index (χ0) is 17.7. The number of carbonyl (C=O) groups excluding carboxylic acids is 1. The fourth-order valence-corrected chi connectivity index (χ4v) is 2.11. The lowest BCUT2D eigenvalue weighted by molar-refractivity contribution is -0.139. The van der Waals surface area contributed by atoms with E-state index >= 15 is 0 Å². The fraction of sp³-hybridized carbons (Fsp3) is 0.188. The van der Waals surface area contributed by atoms with Gasteiger partial charge in [-0.05, 0) is 24.3 Å². The van der Waals surface area contributed by atoms with Crippen molar-refractivity contribution >= 4 is 11.6 Å². The molecular weight excluding hydrogens is 323 g/mol. The van der Waals surface area contributed by atoms with E-state index in [0.717, 1.165) is 17.2 Å². The van der Waals surface area contributed by atoms with Crippen LogP contribution >= 0.6 is 0 Å². The first kappa shape index (κ1) is 17.3. The highest BCUT2D eigenvalue weighted by Gasteiger charge is 2.34. The van der Waals surface area contributed by atoms with Crippen molar-refractivity contribution in [2.45, 2.75) is 12.7 Å². The minimum atomic E-state index is -4.80. The van der Waals surface area contributed by atoms with E-state index in [9.17, 15) is 22.8 Å². The Balaban J connectivity index is 2.32. The molecule has 1 aromatic carbocycles. The van der Waals surface area contributed by atoms with Gasteiger partial charge in [-0.15, -0.1) is 0 Å². The molecule has 8 heteroatoms. The predicted molar refractivity (Wildman–Crippen MR) is 80.1 cm³/mol. The number of amides is 1. The normalized spacial score (nSPS) is 10.9. The molecule has 24 heavy (non-hydrogen) atoms. The van der Waals surface area contributed by atoms with Gasteiger partial charge in [0, 0.05) is 11.9 Å². The van der Waals surface area contributed by atoms with Gasteiger partial charge in [-0.25, -0.2) is 0 Å². The van der Waals surface area contributed by atoms with Crippen molar-refractivity contribution in [3.8, 4) is 6.07 Å². The average molecular weight is 335 g/mol. The van der Waals surface area contributed by atoms with Gasteiger partial charge in [-0.1, -0.05) is 18.2 Å². The lowest BCUT2D eigenvalue weighted by Crippen LogP contribution is -2.38. The molecule has 2 aromatic rings. The van der Waals surface area contributed by atoms with Crippen molar-refractivity contribution in [3.63, 3.8) is 0 Å². The van der Waals surface area contributed by atoms with Crippen LogP contribution in [0.25, 0.3) is 0 Å². The summed E-state index contributed by atoms with van der Waals surface area (Å²) >= 11 is 0. The topological polar surface area (TPSA) is 66.1 Å². The summed E-state index contributed by atoms with van der Waals surface area (Å²) in [6.45, 7) is -0.879. The third kappa shape index (κ3) is 3.81. The van der Waals surface area contributed by atoms with E-state index in [1.54, 1.807) is 30.3 Å². The van der Waals surface area contributed by atoms with E-state index in [4.69, 9.17) is 5.26 Å². The largest absolute Gasteiger partial charge is 0.421 e. The summed E-state index contributed by atoms with van der Waals surface area (Å²) in [5.41, 5.74) is -2.23. The van der Waals surface area contributed by atoms with Crippen LogP contribution in [0.2, 0.25) is 0 Å². The van der Waals surface area contributed by atoms with Crippen LogP contribution in [0.4, 0.5) is 18.9 Å². The summed E-state index contributed by atoms with van der Waals surface area (Å²) < 4.78 is 39.0. The quantitative estimate of drug-likeness (QED) is 0.806. The first-order valence-corrected chi connectivity index (χ1v) is 6.83. The number of para-hydroxylation sites is 1. The van der Waals surface area contributed by atoms with Crippen LogP contribution in [-0.2, 0) is 17.5 Å². The Labute approximate surface area is 135 Å². The van der Waals surface area contributed by atoms with Crippen molar-refractivity contribution in [2.24, 2.45) is 0 Å². The second-order valence-electron chi connectivity index (χ2n) is 4.83. The highest BCUT2D eigenvalue weighted by Crippen LogP contribution is 2.26. The van der Waals surface area contributed by atoms with Crippen molar-refractivity contribution in [1.29, 1.82) is 5.26 Å². The van der Waals surface area contributed by atoms with Gasteiger partial charge in [-0.2, -0.15) is 18.4 Å². The Morgan fingerprint density at radius 1 is 1.17 bits per heavy atom. The second-order valence-corrected chi connectivity index (χ2v) is 4.83. The van der Waals surface area contributed by atoms with Crippen molar-refractivity contribution in [3.05, 3.63) is 64.6 Å². The van der Waals surface area contributed by atoms with Crippen LogP contribution in [0.5, 0.6) is 0 Å². The number of nitrogens with zero attached hydrogens (tertiary/aromatic N) is 3. The minimum Gasteiger partial charge on any atom is -0.306 e. The Kier molecular flexibility index (Phi) is 5.04. The zero-order valence-electron chi connectivity index (χ0n) is 12.3. The van der Waals surface area contributed by atoms with Gasteiger partial charge in [0.25, 0.3) is 5.56 Å². The van der Waals surface area contributed by atoms with Gasteiger partial charge in [0.1, 0.15) is 18.7 Å². The smallest absolute Gasteiger partial charge is 0.306 e. The summed E-state index contributed by atoms with van der Waals surface area (Å²) in [5.74, 6) is -0.663. The molecule has 0 unspecified atom stereocenters. The molecule has 0 bridgehead atoms. The van der Waals surface area contributed by atoms with Crippen molar-refractivity contribution in [2.75, 3.05) is 11.4 Å². The van der Waals surface area contributed by atoms with E-state index in [-0.39, 0.29) is 6.54 Å². The maximum atomic E-state index is 12.8. The lowest BCUT2D eigenvalue weighted by atomic mass is 10.2. The Hall–Kier alpha value is -3.08. The van der Waals surface area contributed by atoms with Crippen molar-refractivity contribution < 1.29 is 18.0 Å². The number of benzene rings is 1. The van der Waals surface area contributed by atoms with Crippen LogP contribution in [-0.4, -0.2) is 17.0 Å². The van der Waals surface area contributed by atoms with Gasteiger partial charge in [-0.3, -0.25) is 14.5 Å². The number of hydrogen-bond acceptors (Lipinski definition) is 3. The van der Waals surface area contributed by atoms with Crippen LogP contribution in [0.3, 0.4) is 0 Å². The van der Waals surface area contributed by atoms with Crippen LogP contribution in [0.15, 0.2) is 53.5 Å². The van der Waals surface area contributed by atoms with E-state index in [1.807, 2.05) is 6.07 Å². The van der Waals surface area contributed by atoms with Gasteiger partial charge in [0.2, 0.25) is 5.91 Å². The first-order chi connectivity index (χ1) is 11.3. The number of hydrogen-bond donors (Lipinski definition) is 0. The number of nitriles is 1. The molecule has 0 radical (unpaired) electrons. The van der Waals surface area contributed by atoms with Gasteiger partial charge in [0.05, 0.1) is 6.07 Å². The second kappa shape index (κ2) is 7.00. The molecule has 0 aliphatic rings. The molecule has 1 aromatic heterocycles. The molecule has 1 amide bonds. The third-order valence-electron chi connectivity index (χ3n) is 3.23. The zero-order valence-corrected chi connectivity index (χ0v) is 12.3.